The molecule has 0 radical (unpaired) electrons. The van der Waals surface area contributed by atoms with Crippen LogP contribution in [-0.4, -0.2) is 33.4 Å². The highest BCUT2D eigenvalue weighted by Gasteiger charge is 2.11. The van der Waals surface area contributed by atoms with Crippen LogP contribution in [-0.2, 0) is 6.42 Å². The lowest BCUT2D eigenvalue weighted by molar-refractivity contribution is 0.0951. The first-order valence-corrected chi connectivity index (χ1v) is 10.1. The molecule has 0 fully saturated rings. The zero-order valence-corrected chi connectivity index (χ0v) is 15.5. The number of thioether (sulfide) groups is 1. The van der Waals surface area contributed by atoms with E-state index in [0.717, 1.165) is 26.5 Å². The Balaban J connectivity index is 1.45. The lowest BCUT2D eigenvalue weighted by Crippen LogP contribution is -2.26. The Morgan fingerprint density at radius 1 is 1.25 bits per heavy atom. The zero-order valence-electron chi connectivity index (χ0n) is 13.1. The molecule has 0 bridgehead atoms. The molecule has 2 heterocycles. The number of thiazole rings is 1. The predicted octanol–water partition coefficient (Wildman–Crippen LogP) is 3.42. The number of carbonyl (C=O) groups excluding carboxylic acids is 1. The summed E-state index contributed by atoms with van der Waals surface area (Å²) >= 11 is 4.68. The molecule has 3 aromatic rings. The van der Waals surface area contributed by atoms with Crippen molar-refractivity contribution in [3.63, 3.8) is 0 Å². The number of benzene rings is 1. The summed E-state index contributed by atoms with van der Waals surface area (Å²) < 4.78 is 0.931. The van der Waals surface area contributed by atoms with Crippen LogP contribution < -0.4 is 5.32 Å². The molecule has 0 aliphatic rings. The van der Waals surface area contributed by atoms with Crippen molar-refractivity contribution in [2.24, 2.45) is 0 Å². The summed E-state index contributed by atoms with van der Waals surface area (Å²) in [5, 5.41) is 14.6. The van der Waals surface area contributed by atoms with Gasteiger partial charge in [-0.25, -0.2) is 4.98 Å². The van der Waals surface area contributed by atoms with Gasteiger partial charge in [0, 0.05) is 24.1 Å². The van der Waals surface area contributed by atoms with E-state index in [9.17, 15) is 4.79 Å². The first-order chi connectivity index (χ1) is 11.7. The molecule has 0 unspecified atom stereocenters. The topological polar surface area (TPSA) is 67.8 Å². The normalized spacial score (nSPS) is 10.7. The van der Waals surface area contributed by atoms with Crippen LogP contribution in [0.2, 0.25) is 0 Å². The maximum Gasteiger partial charge on any atom is 0.270 e. The van der Waals surface area contributed by atoms with E-state index in [-0.39, 0.29) is 5.91 Å². The summed E-state index contributed by atoms with van der Waals surface area (Å²) in [5.74, 6) is 0.640. The summed E-state index contributed by atoms with van der Waals surface area (Å²) in [6, 6.07) is 10.1. The smallest absolute Gasteiger partial charge is 0.270 e. The third kappa shape index (κ3) is 4.86. The van der Waals surface area contributed by atoms with Crippen LogP contribution in [0.15, 0.2) is 40.1 Å². The highest BCUT2D eigenvalue weighted by molar-refractivity contribution is 8.01. The lowest BCUT2D eigenvalue weighted by atomic mass is 10.2. The fourth-order valence-corrected chi connectivity index (χ4v) is 4.55. The first-order valence-electron chi connectivity index (χ1n) is 7.40. The van der Waals surface area contributed by atoms with Crippen molar-refractivity contribution < 1.29 is 4.79 Å². The summed E-state index contributed by atoms with van der Waals surface area (Å²) in [6.45, 7) is 2.51. The second kappa shape index (κ2) is 8.36. The van der Waals surface area contributed by atoms with Gasteiger partial charge in [0.1, 0.15) is 10.7 Å². The minimum absolute atomic E-state index is 0.125. The monoisotopic (exact) mass is 376 g/mol. The Hall–Kier alpha value is -1.77. The zero-order chi connectivity index (χ0) is 16.8. The van der Waals surface area contributed by atoms with Crippen molar-refractivity contribution >= 4 is 40.3 Å². The van der Waals surface area contributed by atoms with Crippen molar-refractivity contribution in [2.45, 2.75) is 17.7 Å². The van der Waals surface area contributed by atoms with Gasteiger partial charge in [-0.1, -0.05) is 53.4 Å². The molecule has 0 aliphatic heterocycles. The van der Waals surface area contributed by atoms with Crippen molar-refractivity contribution in [2.75, 3.05) is 12.3 Å². The minimum Gasteiger partial charge on any atom is -0.350 e. The maximum atomic E-state index is 12.1. The van der Waals surface area contributed by atoms with E-state index in [0.29, 0.717) is 12.2 Å². The number of aromatic nitrogens is 3. The average molecular weight is 377 g/mol. The van der Waals surface area contributed by atoms with Crippen LogP contribution >= 0.6 is 34.4 Å². The third-order valence-corrected chi connectivity index (χ3v) is 5.93. The van der Waals surface area contributed by atoms with Gasteiger partial charge in [0.2, 0.25) is 0 Å². The molecular formula is C16H16N4OS3. The van der Waals surface area contributed by atoms with Crippen LogP contribution in [0, 0.1) is 6.92 Å². The van der Waals surface area contributed by atoms with Gasteiger partial charge in [0.05, 0.1) is 5.01 Å². The van der Waals surface area contributed by atoms with Gasteiger partial charge in [0.25, 0.3) is 5.91 Å². The molecule has 1 N–H and O–H groups in total. The number of hydrogen-bond donors (Lipinski definition) is 1. The Kier molecular flexibility index (Phi) is 5.95. The predicted molar refractivity (Wildman–Crippen MR) is 99.1 cm³/mol. The molecule has 0 saturated carbocycles. The van der Waals surface area contributed by atoms with Gasteiger partial charge in [-0.15, -0.1) is 21.5 Å². The van der Waals surface area contributed by atoms with Crippen LogP contribution in [0.3, 0.4) is 0 Å². The Labute approximate surface area is 152 Å². The summed E-state index contributed by atoms with van der Waals surface area (Å²) in [4.78, 5) is 16.5. The fraction of sp³-hybridized carbons (Fsp3) is 0.250. The molecule has 0 spiro atoms. The van der Waals surface area contributed by atoms with Crippen molar-refractivity contribution in [1.29, 1.82) is 0 Å². The summed E-state index contributed by atoms with van der Waals surface area (Å²) in [6.07, 6.45) is 0.755. The molecule has 0 atom stereocenters. The van der Waals surface area contributed by atoms with Gasteiger partial charge in [0.15, 0.2) is 4.34 Å². The van der Waals surface area contributed by atoms with Gasteiger partial charge in [-0.2, -0.15) is 0 Å². The molecule has 1 aromatic carbocycles. The largest absolute Gasteiger partial charge is 0.350 e. The summed E-state index contributed by atoms with van der Waals surface area (Å²) in [5.41, 5.74) is 1.69. The number of nitrogens with zero attached hydrogens (tertiary/aromatic N) is 3. The number of carbonyl (C=O) groups is 1. The molecule has 0 saturated heterocycles. The van der Waals surface area contributed by atoms with Crippen molar-refractivity contribution in [1.82, 2.24) is 20.5 Å². The van der Waals surface area contributed by atoms with Crippen LogP contribution in [0.4, 0.5) is 0 Å². The van der Waals surface area contributed by atoms with E-state index in [2.05, 4.69) is 32.6 Å². The van der Waals surface area contributed by atoms with Gasteiger partial charge in [-0.3, -0.25) is 4.79 Å². The Bertz CT molecular complexity index is 801. The number of amides is 1. The Morgan fingerprint density at radius 2 is 2.08 bits per heavy atom. The molecule has 2 aromatic heterocycles. The molecule has 3 rings (SSSR count). The third-order valence-electron chi connectivity index (χ3n) is 3.10. The molecule has 124 valence electrons. The van der Waals surface area contributed by atoms with Crippen LogP contribution in [0.5, 0.6) is 0 Å². The standard InChI is InChI=1S/C16H16N4OS3/c1-11-19-20-16(24-11)22-8-7-17-15(21)13-10-23-14(18-13)9-12-5-3-2-4-6-12/h2-6,10H,7-9H2,1H3,(H,17,21). The van der Waals surface area contributed by atoms with E-state index in [1.165, 1.54) is 16.9 Å². The van der Waals surface area contributed by atoms with E-state index in [4.69, 9.17) is 0 Å². The first kappa shape index (κ1) is 17.1. The van der Waals surface area contributed by atoms with Gasteiger partial charge in [-0.05, 0) is 12.5 Å². The van der Waals surface area contributed by atoms with Gasteiger partial charge < -0.3 is 5.32 Å². The van der Waals surface area contributed by atoms with E-state index < -0.39 is 0 Å². The SMILES string of the molecule is Cc1nnc(SCCNC(=O)c2csc(Cc3ccccc3)n2)s1. The van der Waals surface area contributed by atoms with Crippen molar-refractivity contribution in [3.05, 3.63) is 57.0 Å². The minimum atomic E-state index is -0.125. The molecule has 1 amide bonds. The quantitative estimate of drug-likeness (QED) is 0.505. The highest BCUT2D eigenvalue weighted by atomic mass is 32.2. The average Bonchev–Trinajstić information content (AvgIpc) is 3.21. The lowest BCUT2D eigenvalue weighted by Gasteiger charge is -2.01. The number of aryl methyl sites for hydroxylation is 1. The molecular weight excluding hydrogens is 360 g/mol. The number of nitrogens with one attached hydrogen (secondary N) is 1. The highest BCUT2D eigenvalue weighted by Crippen LogP contribution is 2.21. The maximum absolute atomic E-state index is 12.1. The molecule has 5 nitrogen and oxygen atoms in total. The van der Waals surface area contributed by atoms with Crippen LogP contribution in [0.25, 0.3) is 0 Å². The second-order valence-electron chi connectivity index (χ2n) is 4.98. The molecule has 8 heteroatoms. The number of hydrogen-bond acceptors (Lipinski definition) is 7. The van der Waals surface area contributed by atoms with Crippen molar-refractivity contribution in [3.8, 4) is 0 Å². The van der Waals surface area contributed by atoms with E-state index in [1.807, 2.05) is 30.5 Å². The Morgan fingerprint density at radius 3 is 2.83 bits per heavy atom. The molecule has 24 heavy (non-hydrogen) atoms. The van der Waals surface area contributed by atoms with Crippen LogP contribution in [0.1, 0.15) is 26.1 Å². The van der Waals surface area contributed by atoms with E-state index in [1.54, 1.807) is 23.1 Å². The fourth-order valence-electron chi connectivity index (χ4n) is 2.00. The number of rotatable bonds is 7. The molecule has 0 aliphatic carbocycles. The van der Waals surface area contributed by atoms with E-state index >= 15 is 0 Å². The second-order valence-corrected chi connectivity index (χ2v) is 8.45. The summed E-state index contributed by atoms with van der Waals surface area (Å²) in [7, 11) is 0. The van der Waals surface area contributed by atoms with Gasteiger partial charge >= 0.3 is 0 Å².